The lowest BCUT2D eigenvalue weighted by Crippen LogP contribution is -2.33. The maximum atomic E-state index is 4.31. The zero-order valence-corrected chi connectivity index (χ0v) is 8.52. The first-order chi connectivity index (χ1) is 4.46. The molecule has 0 aromatic rings. The van der Waals surface area contributed by atoms with Crippen molar-refractivity contribution < 1.29 is 0 Å². The minimum absolute atomic E-state index is 0.586. The molecule has 0 aromatic carbocycles. The van der Waals surface area contributed by atoms with E-state index in [0.29, 0.717) is 17.9 Å². The molecule has 0 fully saturated rings. The zero-order chi connectivity index (χ0) is 8.31. The van der Waals surface area contributed by atoms with Gasteiger partial charge >= 0.3 is 0 Å². The zero-order valence-electron chi connectivity index (χ0n) is 7.63. The van der Waals surface area contributed by atoms with Gasteiger partial charge < -0.3 is 0 Å². The number of thiol groups is 1. The Kier molecular flexibility index (Phi) is 4.37. The minimum atomic E-state index is 0.586. The molecule has 0 amide bonds. The van der Waals surface area contributed by atoms with Crippen LogP contribution in [0.2, 0.25) is 0 Å². The second kappa shape index (κ2) is 4.24. The van der Waals surface area contributed by atoms with E-state index in [1.54, 1.807) is 0 Å². The van der Waals surface area contributed by atoms with E-state index in [-0.39, 0.29) is 0 Å². The molecule has 10 heavy (non-hydrogen) atoms. The predicted octanol–water partition coefficient (Wildman–Crippen LogP) is 2.44. The Morgan fingerprint density at radius 1 is 1.00 bits per heavy atom. The average Bonchev–Trinajstić information content (AvgIpc) is 1.59. The van der Waals surface area contributed by atoms with Crippen molar-refractivity contribution in [3.8, 4) is 0 Å². The van der Waals surface area contributed by atoms with Gasteiger partial charge in [-0.15, -0.1) is 0 Å². The van der Waals surface area contributed by atoms with Gasteiger partial charge in [0.2, 0.25) is 0 Å². The molecule has 0 unspecified atom stereocenters. The smallest absolute Gasteiger partial charge is 0.0243 e. The molecule has 0 aromatic heterocycles. The molecule has 0 aliphatic rings. The fourth-order valence-electron chi connectivity index (χ4n) is 1.63. The number of hydrogen-bond donors (Lipinski definition) is 1. The minimum Gasteiger partial charge on any atom is -0.253 e. The summed E-state index contributed by atoms with van der Waals surface area (Å²) in [5, 5.41) is 0. The molecule has 0 radical (unpaired) electrons. The molecule has 0 saturated carbocycles. The van der Waals surface area contributed by atoms with Crippen LogP contribution in [0, 0.1) is 11.8 Å². The van der Waals surface area contributed by atoms with Gasteiger partial charge in [0.25, 0.3) is 0 Å². The van der Waals surface area contributed by atoms with Crippen molar-refractivity contribution in [1.29, 1.82) is 0 Å². The van der Waals surface area contributed by atoms with Crippen LogP contribution in [0.1, 0.15) is 27.7 Å². The number of rotatable bonds is 3. The molecule has 0 spiro atoms. The van der Waals surface area contributed by atoms with E-state index in [2.05, 4.69) is 40.5 Å². The van der Waals surface area contributed by atoms with Crippen molar-refractivity contribution in [2.75, 3.05) is 7.05 Å². The van der Waals surface area contributed by atoms with Crippen molar-refractivity contribution in [2.45, 2.75) is 33.7 Å². The molecule has 0 heterocycles. The van der Waals surface area contributed by atoms with E-state index in [1.807, 2.05) is 11.4 Å². The number of hydrogen-bond acceptors (Lipinski definition) is 2. The van der Waals surface area contributed by atoms with Crippen LogP contribution in [0.4, 0.5) is 0 Å². The van der Waals surface area contributed by atoms with E-state index in [9.17, 15) is 0 Å². The highest BCUT2D eigenvalue weighted by molar-refractivity contribution is 7.77. The third kappa shape index (κ3) is 2.93. The molecule has 0 rings (SSSR count). The first kappa shape index (κ1) is 10.3. The summed E-state index contributed by atoms with van der Waals surface area (Å²) >= 11 is 4.31. The van der Waals surface area contributed by atoms with Crippen LogP contribution >= 0.6 is 12.8 Å². The lowest BCUT2D eigenvalue weighted by atomic mass is 9.94. The van der Waals surface area contributed by atoms with Gasteiger partial charge in [-0.25, -0.2) is 0 Å². The molecule has 1 nitrogen and oxygen atoms in total. The summed E-state index contributed by atoms with van der Waals surface area (Å²) in [5.41, 5.74) is 0. The van der Waals surface area contributed by atoms with E-state index < -0.39 is 0 Å². The van der Waals surface area contributed by atoms with Crippen LogP contribution in [0.3, 0.4) is 0 Å². The topological polar surface area (TPSA) is 3.24 Å². The Labute approximate surface area is 70.3 Å². The molecule has 0 N–H and O–H groups in total. The summed E-state index contributed by atoms with van der Waals surface area (Å²) in [5.74, 6) is 1.37. The van der Waals surface area contributed by atoms with E-state index in [4.69, 9.17) is 0 Å². The molecule has 0 aliphatic heterocycles. The predicted molar refractivity (Wildman–Crippen MR) is 50.2 cm³/mol. The quantitative estimate of drug-likeness (QED) is 0.622. The molecule has 0 saturated heterocycles. The van der Waals surface area contributed by atoms with E-state index >= 15 is 0 Å². The van der Waals surface area contributed by atoms with Crippen molar-refractivity contribution in [2.24, 2.45) is 11.8 Å². The van der Waals surface area contributed by atoms with E-state index in [1.165, 1.54) is 0 Å². The maximum absolute atomic E-state index is 4.31. The largest absolute Gasteiger partial charge is 0.253 e. The Morgan fingerprint density at radius 2 is 1.30 bits per heavy atom. The SMILES string of the molecule is CC(C)C(C(C)C)N(C)S. The Morgan fingerprint density at radius 3 is 1.30 bits per heavy atom. The second-order valence-electron chi connectivity index (χ2n) is 3.55. The van der Waals surface area contributed by atoms with Gasteiger partial charge in [-0.1, -0.05) is 40.5 Å². The van der Waals surface area contributed by atoms with E-state index in [0.717, 1.165) is 0 Å². The van der Waals surface area contributed by atoms with Crippen LogP contribution in [0.15, 0.2) is 0 Å². The standard InChI is InChI=1S/C8H19NS/c1-6(2)8(7(3)4)9(5)10/h6-8,10H,1-5H3. The van der Waals surface area contributed by atoms with Crippen molar-refractivity contribution >= 4 is 12.8 Å². The van der Waals surface area contributed by atoms with Crippen molar-refractivity contribution in [3.63, 3.8) is 0 Å². The highest BCUT2D eigenvalue weighted by atomic mass is 32.1. The second-order valence-corrected chi connectivity index (χ2v) is 4.18. The summed E-state index contributed by atoms with van der Waals surface area (Å²) in [4.78, 5) is 0. The summed E-state index contributed by atoms with van der Waals surface area (Å²) in [7, 11) is 2.02. The van der Waals surface area contributed by atoms with Gasteiger partial charge in [0.1, 0.15) is 0 Å². The normalized spacial score (nSPS) is 12.6. The van der Waals surface area contributed by atoms with Gasteiger partial charge in [-0.3, -0.25) is 4.31 Å². The Balaban J connectivity index is 3.98. The fraction of sp³-hybridized carbons (Fsp3) is 1.00. The summed E-state index contributed by atoms with van der Waals surface area (Å²) in [6, 6.07) is 0.586. The van der Waals surface area contributed by atoms with Crippen LogP contribution in [0.25, 0.3) is 0 Å². The molecular formula is C8H19NS. The van der Waals surface area contributed by atoms with Crippen molar-refractivity contribution in [1.82, 2.24) is 4.31 Å². The Bertz CT molecular complexity index is 70.2. The van der Waals surface area contributed by atoms with Crippen LogP contribution in [-0.4, -0.2) is 17.4 Å². The molecule has 0 bridgehead atoms. The lowest BCUT2D eigenvalue weighted by molar-refractivity contribution is 0.248. The maximum Gasteiger partial charge on any atom is 0.0243 e. The Hall–Kier alpha value is 0.310. The lowest BCUT2D eigenvalue weighted by Gasteiger charge is -2.30. The first-order valence-corrected chi connectivity index (χ1v) is 4.28. The summed E-state index contributed by atoms with van der Waals surface area (Å²) in [6.07, 6.45) is 0. The molecule has 0 aliphatic carbocycles. The average molecular weight is 161 g/mol. The molecule has 2 heteroatoms. The highest BCUT2D eigenvalue weighted by Gasteiger charge is 2.19. The fourth-order valence-corrected chi connectivity index (χ4v) is 2.17. The van der Waals surface area contributed by atoms with Gasteiger partial charge in [-0.05, 0) is 18.9 Å². The summed E-state index contributed by atoms with van der Waals surface area (Å²) < 4.78 is 2.01. The van der Waals surface area contributed by atoms with Gasteiger partial charge in [0.15, 0.2) is 0 Å². The van der Waals surface area contributed by atoms with Crippen LogP contribution in [-0.2, 0) is 0 Å². The third-order valence-corrected chi connectivity index (χ3v) is 2.06. The summed E-state index contributed by atoms with van der Waals surface area (Å²) in [6.45, 7) is 8.93. The monoisotopic (exact) mass is 161 g/mol. The first-order valence-electron chi connectivity index (χ1n) is 3.88. The highest BCUT2D eigenvalue weighted by Crippen LogP contribution is 2.18. The van der Waals surface area contributed by atoms with Gasteiger partial charge in [0, 0.05) is 6.04 Å². The van der Waals surface area contributed by atoms with Crippen LogP contribution in [0.5, 0.6) is 0 Å². The third-order valence-electron chi connectivity index (χ3n) is 1.80. The van der Waals surface area contributed by atoms with Crippen LogP contribution < -0.4 is 0 Å². The van der Waals surface area contributed by atoms with Gasteiger partial charge in [0.05, 0.1) is 0 Å². The molecule has 62 valence electrons. The van der Waals surface area contributed by atoms with Crippen molar-refractivity contribution in [3.05, 3.63) is 0 Å². The van der Waals surface area contributed by atoms with Gasteiger partial charge in [-0.2, -0.15) is 0 Å². The number of nitrogens with zero attached hydrogens (tertiary/aromatic N) is 1. The molecular weight excluding hydrogens is 142 g/mol. The molecule has 0 atom stereocenters.